The summed E-state index contributed by atoms with van der Waals surface area (Å²) in [6, 6.07) is 15.4. The van der Waals surface area contributed by atoms with Crippen LogP contribution in [0, 0.1) is 6.92 Å². The Balaban J connectivity index is 1.59. The quantitative estimate of drug-likeness (QED) is 0.403. The number of ether oxygens (including phenoxy) is 2. The van der Waals surface area contributed by atoms with Crippen LogP contribution in [0.5, 0.6) is 11.5 Å². The van der Waals surface area contributed by atoms with Gasteiger partial charge in [0.2, 0.25) is 5.91 Å². The van der Waals surface area contributed by atoms with Gasteiger partial charge in [0.05, 0.1) is 18.2 Å². The lowest BCUT2D eigenvalue weighted by Gasteiger charge is -2.16. The lowest BCUT2D eigenvalue weighted by atomic mass is 10.1. The number of nitrogens with one attached hydrogen (secondary N) is 2. The summed E-state index contributed by atoms with van der Waals surface area (Å²) >= 11 is 7.49. The number of amides is 2. The van der Waals surface area contributed by atoms with E-state index in [1.54, 1.807) is 18.2 Å². The van der Waals surface area contributed by atoms with Crippen molar-refractivity contribution in [3.63, 3.8) is 0 Å². The predicted octanol–water partition coefficient (Wildman–Crippen LogP) is 5.25. The first-order valence-electron chi connectivity index (χ1n) is 10.1. The molecule has 0 fully saturated rings. The molecule has 2 aromatic carbocycles. The molecule has 9 heteroatoms. The molecular formula is C24H23ClN2O5S. The fourth-order valence-corrected chi connectivity index (χ4v) is 3.89. The molecule has 1 aromatic heterocycles. The standard InChI is InChI=1S/C24H23ClN2O5S/c1-15-5-8-18(9-6-15)32-21-10-7-17(25)12-19(21)27-23(29)14-31-24(30)13-20(26-16(2)28)22-4-3-11-33-22/h3-12,20H,13-14H2,1-2H3,(H,26,28)(H,27,29). The fraction of sp³-hybridized carbons (Fsp3) is 0.208. The van der Waals surface area contributed by atoms with Gasteiger partial charge >= 0.3 is 5.97 Å². The van der Waals surface area contributed by atoms with Gasteiger partial charge in [0.15, 0.2) is 12.4 Å². The molecule has 0 aliphatic carbocycles. The molecule has 2 N–H and O–H groups in total. The molecule has 0 bridgehead atoms. The maximum absolute atomic E-state index is 12.4. The van der Waals surface area contributed by atoms with Crippen LogP contribution in [0.1, 0.15) is 29.8 Å². The van der Waals surface area contributed by atoms with Gasteiger partial charge in [-0.3, -0.25) is 14.4 Å². The summed E-state index contributed by atoms with van der Waals surface area (Å²) in [5.74, 6) is -0.430. The zero-order valence-electron chi connectivity index (χ0n) is 18.1. The van der Waals surface area contributed by atoms with E-state index in [1.165, 1.54) is 18.3 Å². The first kappa shape index (κ1) is 24.3. The SMILES string of the molecule is CC(=O)NC(CC(=O)OCC(=O)Nc1cc(Cl)ccc1Oc1ccc(C)cc1)c1cccs1. The van der Waals surface area contributed by atoms with Gasteiger partial charge < -0.3 is 20.1 Å². The highest BCUT2D eigenvalue weighted by Crippen LogP contribution is 2.32. The Hall–Kier alpha value is -3.36. The number of thiophene rings is 1. The first-order chi connectivity index (χ1) is 15.8. The Labute approximate surface area is 200 Å². The molecule has 0 aliphatic rings. The van der Waals surface area contributed by atoms with Crippen molar-refractivity contribution in [2.24, 2.45) is 0 Å². The molecule has 0 saturated heterocycles. The molecule has 172 valence electrons. The summed E-state index contributed by atoms with van der Waals surface area (Å²) < 4.78 is 11.0. The monoisotopic (exact) mass is 486 g/mol. The fourth-order valence-electron chi connectivity index (χ4n) is 2.94. The predicted molar refractivity (Wildman–Crippen MR) is 128 cm³/mol. The van der Waals surface area contributed by atoms with Crippen LogP contribution in [-0.2, 0) is 19.1 Å². The zero-order chi connectivity index (χ0) is 23.8. The number of hydrogen-bond donors (Lipinski definition) is 2. The summed E-state index contributed by atoms with van der Waals surface area (Å²) in [5.41, 5.74) is 1.44. The number of benzene rings is 2. The normalized spacial score (nSPS) is 11.4. The van der Waals surface area contributed by atoms with E-state index >= 15 is 0 Å². The van der Waals surface area contributed by atoms with Crippen molar-refractivity contribution in [3.8, 4) is 11.5 Å². The van der Waals surface area contributed by atoms with Crippen molar-refractivity contribution >= 4 is 46.4 Å². The van der Waals surface area contributed by atoms with E-state index in [1.807, 2.05) is 48.7 Å². The second kappa shape index (κ2) is 11.5. The Morgan fingerprint density at radius 1 is 1.09 bits per heavy atom. The van der Waals surface area contributed by atoms with E-state index in [-0.39, 0.29) is 12.3 Å². The lowest BCUT2D eigenvalue weighted by Crippen LogP contribution is -2.29. The summed E-state index contributed by atoms with van der Waals surface area (Å²) in [6.07, 6.45) is -0.0909. The highest BCUT2D eigenvalue weighted by molar-refractivity contribution is 7.10. The molecule has 3 rings (SSSR count). The summed E-state index contributed by atoms with van der Waals surface area (Å²) in [7, 11) is 0. The average Bonchev–Trinajstić information content (AvgIpc) is 3.30. The van der Waals surface area contributed by atoms with E-state index in [0.29, 0.717) is 22.2 Å². The molecular weight excluding hydrogens is 464 g/mol. The average molecular weight is 487 g/mol. The maximum atomic E-state index is 12.4. The van der Waals surface area contributed by atoms with Crippen LogP contribution in [-0.4, -0.2) is 24.4 Å². The van der Waals surface area contributed by atoms with Gasteiger partial charge in [0, 0.05) is 16.8 Å². The number of hydrogen-bond acceptors (Lipinski definition) is 6. The Morgan fingerprint density at radius 3 is 2.52 bits per heavy atom. The third-order valence-electron chi connectivity index (χ3n) is 4.46. The molecule has 1 unspecified atom stereocenters. The van der Waals surface area contributed by atoms with E-state index in [9.17, 15) is 14.4 Å². The molecule has 0 aliphatic heterocycles. The Bertz CT molecular complexity index is 1120. The maximum Gasteiger partial charge on any atom is 0.308 e. The lowest BCUT2D eigenvalue weighted by molar-refractivity contribution is -0.147. The molecule has 33 heavy (non-hydrogen) atoms. The minimum atomic E-state index is -0.612. The minimum absolute atomic E-state index is 0.0909. The van der Waals surface area contributed by atoms with Gasteiger partial charge in [0.25, 0.3) is 5.91 Å². The van der Waals surface area contributed by atoms with Gasteiger partial charge in [-0.1, -0.05) is 35.4 Å². The van der Waals surface area contributed by atoms with Crippen molar-refractivity contribution < 1.29 is 23.9 Å². The van der Waals surface area contributed by atoms with Crippen molar-refractivity contribution in [1.82, 2.24) is 5.32 Å². The van der Waals surface area contributed by atoms with Crippen LogP contribution >= 0.6 is 22.9 Å². The number of rotatable bonds is 9. The first-order valence-corrected chi connectivity index (χ1v) is 11.4. The van der Waals surface area contributed by atoms with Gasteiger partial charge in [0.1, 0.15) is 5.75 Å². The van der Waals surface area contributed by atoms with Crippen molar-refractivity contribution in [2.75, 3.05) is 11.9 Å². The van der Waals surface area contributed by atoms with Crippen molar-refractivity contribution in [1.29, 1.82) is 0 Å². The third-order valence-corrected chi connectivity index (χ3v) is 5.68. The van der Waals surface area contributed by atoms with Crippen molar-refractivity contribution in [2.45, 2.75) is 26.3 Å². The molecule has 0 radical (unpaired) electrons. The summed E-state index contributed by atoms with van der Waals surface area (Å²) in [5, 5.41) is 7.64. The van der Waals surface area contributed by atoms with Crippen LogP contribution in [0.4, 0.5) is 5.69 Å². The van der Waals surface area contributed by atoms with Gasteiger partial charge in [-0.25, -0.2) is 0 Å². The topological polar surface area (TPSA) is 93.7 Å². The number of halogens is 1. The number of carbonyl (C=O) groups is 3. The molecule has 2 amide bonds. The Kier molecular flexibility index (Phi) is 8.46. The minimum Gasteiger partial charge on any atom is -0.455 e. The van der Waals surface area contributed by atoms with E-state index in [0.717, 1.165) is 10.4 Å². The smallest absolute Gasteiger partial charge is 0.308 e. The second-order valence-corrected chi connectivity index (χ2v) is 8.65. The van der Waals surface area contributed by atoms with Gasteiger partial charge in [-0.05, 0) is 48.7 Å². The van der Waals surface area contributed by atoms with Gasteiger partial charge in [-0.15, -0.1) is 11.3 Å². The van der Waals surface area contributed by atoms with E-state index < -0.39 is 24.5 Å². The highest BCUT2D eigenvalue weighted by Gasteiger charge is 2.20. The number of carbonyl (C=O) groups excluding carboxylic acids is 3. The van der Waals surface area contributed by atoms with Crippen molar-refractivity contribution in [3.05, 3.63) is 75.4 Å². The molecule has 0 saturated carbocycles. The largest absolute Gasteiger partial charge is 0.455 e. The molecule has 0 spiro atoms. The molecule has 1 heterocycles. The summed E-state index contributed by atoms with van der Waals surface area (Å²) in [4.78, 5) is 37.0. The third kappa shape index (κ3) is 7.62. The van der Waals surface area contributed by atoms with Crippen LogP contribution < -0.4 is 15.4 Å². The molecule has 3 aromatic rings. The van der Waals surface area contributed by atoms with E-state index in [4.69, 9.17) is 21.1 Å². The summed E-state index contributed by atoms with van der Waals surface area (Å²) in [6.45, 7) is 2.85. The zero-order valence-corrected chi connectivity index (χ0v) is 19.7. The molecule has 1 atom stereocenters. The van der Waals surface area contributed by atoms with E-state index in [2.05, 4.69) is 10.6 Å². The van der Waals surface area contributed by atoms with Crippen LogP contribution in [0.3, 0.4) is 0 Å². The van der Waals surface area contributed by atoms with Gasteiger partial charge in [-0.2, -0.15) is 0 Å². The Morgan fingerprint density at radius 2 is 1.85 bits per heavy atom. The van der Waals surface area contributed by atoms with Crippen LogP contribution in [0.15, 0.2) is 60.0 Å². The number of esters is 1. The second-order valence-electron chi connectivity index (χ2n) is 7.24. The van der Waals surface area contributed by atoms with Crippen LogP contribution in [0.25, 0.3) is 0 Å². The number of aryl methyl sites for hydroxylation is 1. The van der Waals surface area contributed by atoms with Crippen LogP contribution in [0.2, 0.25) is 5.02 Å². The number of anilines is 1. The highest BCUT2D eigenvalue weighted by atomic mass is 35.5. The molecule has 7 nitrogen and oxygen atoms in total.